The molecule has 0 bridgehead atoms. The van der Waals surface area contributed by atoms with Gasteiger partial charge in [0.05, 0.1) is 5.56 Å². The van der Waals surface area contributed by atoms with Gasteiger partial charge in [-0.15, -0.1) is 11.3 Å². The largest absolute Gasteiger partial charge is 0.322 e. The van der Waals surface area contributed by atoms with E-state index in [4.69, 9.17) is 11.6 Å². The van der Waals surface area contributed by atoms with Crippen LogP contribution in [0.1, 0.15) is 50.1 Å². The molecule has 1 heterocycles. The standard InChI is InChI=1S/C23H21ClN2O2S/c1-2-14-6-3-4-8-18(14)25-22(28)20-17-7-5-9-19(17)29-23(20)26-21(27)15-10-12-16(24)13-11-15/h3-4,6,8,10-13H,2,5,7,9H2,1H3,(H,25,28)(H,26,27). The molecule has 2 N–H and O–H groups in total. The number of halogens is 1. The highest BCUT2D eigenvalue weighted by molar-refractivity contribution is 7.17. The van der Waals surface area contributed by atoms with E-state index in [1.807, 2.05) is 24.3 Å². The van der Waals surface area contributed by atoms with Crippen molar-refractivity contribution in [1.29, 1.82) is 0 Å². The number of hydrogen-bond donors (Lipinski definition) is 2. The summed E-state index contributed by atoms with van der Waals surface area (Å²) in [5, 5.41) is 7.19. The maximum Gasteiger partial charge on any atom is 0.258 e. The number of anilines is 2. The number of carbonyl (C=O) groups is 2. The van der Waals surface area contributed by atoms with E-state index in [-0.39, 0.29) is 11.8 Å². The van der Waals surface area contributed by atoms with Crippen LogP contribution in [0, 0.1) is 0 Å². The molecule has 0 saturated carbocycles. The maximum absolute atomic E-state index is 13.2. The van der Waals surface area contributed by atoms with Crippen LogP contribution in [0.15, 0.2) is 48.5 Å². The number of rotatable bonds is 5. The second-order valence-corrected chi connectivity index (χ2v) is 8.53. The van der Waals surface area contributed by atoms with Crippen molar-refractivity contribution in [3.8, 4) is 0 Å². The number of thiophene rings is 1. The fourth-order valence-electron chi connectivity index (χ4n) is 3.64. The first-order valence-corrected chi connectivity index (χ1v) is 10.9. The Hall–Kier alpha value is -2.63. The van der Waals surface area contributed by atoms with Crippen LogP contribution in [0.3, 0.4) is 0 Å². The first-order chi connectivity index (χ1) is 14.1. The Morgan fingerprint density at radius 3 is 2.52 bits per heavy atom. The molecule has 0 radical (unpaired) electrons. The van der Waals surface area contributed by atoms with Gasteiger partial charge in [-0.1, -0.05) is 36.7 Å². The third-order valence-corrected chi connectivity index (χ3v) is 6.59. The van der Waals surface area contributed by atoms with Crippen molar-refractivity contribution in [2.75, 3.05) is 10.6 Å². The predicted octanol–water partition coefficient (Wildman–Crippen LogP) is 5.96. The van der Waals surface area contributed by atoms with Gasteiger partial charge in [-0.2, -0.15) is 0 Å². The SMILES string of the molecule is CCc1ccccc1NC(=O)c1c(NC(=O)c2ccc(Cl)cc2)sc2c1CCC2. The fraction of sp³-hybridized carbons (Fsp3) is 0.217. The fourth-order valence-corrected chi connectivity index (χ4v) is 5.05. The van der Waals surface area contributed by atoms with Crippen molar-refractivity contribution in [2.45, 2.75) is 32.6 Å². The normalized spacial score (nSPS) is 12.5. The summed E-state index contributed by atoms with van der Waals surface area (Å²) in [5.74, 6) is -0.415. The van der Waals surface area contributed by atoms with Gasteiger partial charge in [0.25, 0.3) is 11.8 Å². The highest BCUT2D eigenvalue weighted by Crippen LogP contribution is 2.39. The summed E-state index contributed by atoms with van der Waals surface area (Å²) in [6.07, 6.45) is 3.68. The molecule has 6 heteroatoms. The second kappa shape index (κ2) is 8.39. The molecule has 29 heavy (non-hydrogen) atoms. The lowest BCUT2D eigenvalue weighted by Gasteiger charge is -2.12. The van der Waals surface area contributed by atoms with Crippen LogP contribution in [-0.4, -0.2) is 11.8 Å². The van der Waals surface area contributed by atoms with Crippen LogP contribution >= 0.6 is 22.9 Å². The van der Waals surface area contributed by atoms with E-state index in [1.54, 1.807) is 24.3 Å². The van der Waals surface area contributed by atoms with Crippen molar-refractivity contribution < 1.29 is 9.59 Å². The van der Waals surface area contributed by atoms with Crippen molar-refractivity contribution in [1.82, 2.24) is 0 Å². The van der Waals surface area contributed by atoms with E-state index < -0.39 is 0 Å². The highest BCUT2D eigenvalue weighted by atomic mass is 35.5. The Balaban J connectivity index is 1.63. The second-order valence-electron chi connectivity index (χ2n) is 6.99. The zero-order valence-electron chi connectivity index (χ0n) is 16.0. The summed E-state index contributed by atoms with van der Waals surface area (Å²) >= 11 is 7.42. The molecule has 0 aliphatic heterocycles. The molecule has 4 nitrogen and oxygen atoms in total. The zero-order valence-corrected chi connectivity index (χ0v) is 17.6. The van der Waals surface area contributed by atoms with Gasteiger partial charge in [-0.05, 0) is 67.1 Å². The molecule has 0 unspecified atom stereocenters. The molecule has 4 rings (SSSR count). The average molecular weight is 425 g/mol. The van der Waals surface area contributed by atoms with Crippen molar-refractivity contribution in [2.24, 2.45) is 0 Å². The van der Waals surface area contributed by atoms with Gasteiger partial charge in [0.2, 0.25) is 0 Å². The predicted molar refractivity (Wildman–Crippen MR) is 120 cm³/mol. The minimum absolute atomic E-state index is 0.170. The Bertz CT molecular complexity index is 1070. The minimum atomic E-state index is -0.246. The molecular formula is C23H21ClN2O2S. The number of nitrogens with one attached hydrogen (secondary N) is 2. The van der Waals surface area contributed by atoms with Gasteiger partial charge in [0, 0.05) is 21.2 Å². The van der Waals surface area contributed by atoms with Gasteiger partial charge in [-0.3, -0.25) is 9.59 Å². The molecule has 1 aromatic heterocycles. The molecule has 0 saturated heterocycles. The summed E-state index contributed by atoms with van der Waals surface area (Å²) in [5.41, 5.74) is 4.06. The molecular weight excluding hydrogens is 404 g/mol. The van der Waals surface area contributed by atoms with Crippen molar-refractivity contribution in [3.05, 3.63) is 80.7 Å². The Kier molecular flexibility index (Phi) is 5.69. The number of aryl methyl sites for hydroxylation is 2. The lowest BCUT2D eigenvalue weighted by Crippen LogP contribution is -2.18. The molecule has 1 aliphatic carbocycles. The quantitative estimate of drug-likeness (QED) is 0.531. The lowest BCUT2D eigenvalue weighted by atomic mass is 10.1. The van der Waals surface area contributed by atoms with Crippen molar-refractivity contribution in [3.63, 3.8) is 0 Å². The van der Waals surface area contributed by atoms with Gasteiger partial charge < -0.3 is 10.6 Å². The number of hydrogen-bond acceptors (Lipinski definition) is 3. The van der Waals surface area contributed by atoms with Crippen LogP contribution in [0.25, 0.3) is 0 Å². The Morgan fingerprint density at radius 2 is 1.76 bits per heavy atom. The average Bonchev–Trinajstić information content (AvgIpc) is 3.29. The van der Waals surface area contributed by atoms with Crippen LogP contribution in [0.4, 0.5) is 10.7 Å². The number of carbonyl (C=O) groups excluding carboxylic acids is 2. The van der Waals surface area contributed by atoms with Gasteiger partial charge in [-0.25, -0.2) is 0 Å². The van der Waals surface area contributed by atoms with Crippen LogP contribution in [-0.2, 0) is 19.3 Å². The molecule has 2 amide bonds. The first-order valence-electron chi connectivity index (χ1n) is 9.67. The third kappa shape index (κ3) is 4.07. The van der Waals surface area contributed by atoms with Crippen molar-refractivity contribution >= 4 is 45.4 Å². The minimum Gasteiger partial charge on any atom is -0.322 e. The van der Waals surface area contributed by atoms with E-state index in [0.717, 1.165) is 42.5 Å². The number of fused-ring (bicyclic) bond motifs is 1. The topological polar surface area (TPSA) is 58.2 Å². The Morgan fingerprint density at radius 1 is 1.00 bits per heavy atom. The van der Waals surface area contributed by atoms with Crippen LogP contribution in [0.2, 0.25) is 5.02 Å². The third-order valence-electron chi connectivity index (χ3n) is 5.13. The molecule has 0 spiro atoms. The summed E-state index contributed by atoms with van der Waals surface area (Å²) < 4.78 is 0. The number of amides is 2. The lowest BCUT2D eigenvalue weighted by molar-refractivity contribution is 0.102. The van der Waals surface area contributed by atoms with Gasteiger partial charge in [0.1, 0.15) is 5.00 Å². The summed E-state index contributed by atoms with van der Waals surface area (Å²) in [6, 6.07) is 14.5. The van der Waals surface area contributed by atoms with Crippen LogP contribution in [0.5, 0.6) is 0 Å². The summed E-state index contributed by atoms with van der Waals surface area (Å²) in [4.78, 5) is 27.1. The van der Waals surface area contributed by atoms with Crippen LogP contribution < -0.4 is 10.6 Å². The maximum atomic E-state index is 13.2. The first kappa shape index (κ1) is 19.7. The summed E-state index contributed by atoms with van der Waals surface area (Å²) in [7, 11) is 0. The molecule has 3 aromatic rings. The van der Waals surface area contributed by atoms with E-state index in [0.29, 0.717) is 21.2 Å². The van der Waals surface area contributed by atoms with E-state index in [1.165, 1.54) is 16.2 Å². The van der Waals surface area contributed by atoms with E-state index in [2.05, 4.69) is 17.6 Å². The molecule has 0 fully saturated rings. The van der Waals surface area contributed by atoms with E-state index >= 15 is 0 Å². The Labute approximate surface area is 178 Å². The van der Waals surface area contributed by atoms with Gasteiger partial charge >= 0.3 is 0 Å². The molecule has 2 aromatic carbocycles. The number of para-hydroxylation sites is 1. The zero-order chi connectivity index (χ0) is 20.4. The molecule has 148 valence electrons. The smallest absolute Gasteiger partial charge is 0.258 e. The number of benzene rings is 2. The van der Waals surface area contributed by atoms with Gasteiger partial charge in [0.15, 0.2) is 0 Å². The highest BCUT2D eigenvalue weighted by Gasteiger charge is 2.28. The molecule has 1 aliphatic rings. The molecule has 0 atom stereocenters. The monoisotopic (exact) mass is 424 g/mol. The van der Waals surface area contributed by atoms with E-state index in [9.17, 15) is 9.59 Å². The summed E-state index contributed by atoms with van der Waals surface area (Å²) in [6.45, 7) is 2.06.